The Hall–Kier alpha value is -4.29. The molecular formula is C34H36FN5. The van der Waals surface area contributed by atoms with Crippen LogP contribution < -0.4 is 5.73 Å². The molecule has 1 fully saturated rings. The molecular weight excluding hydrogens is 497 g/mol. The highest BCUT2D eigenvalue weighted by Crippen LogP contribution is 2.30. The zero-order chi connectivity index (χ0) is 28.1. The van der Waals surface area contributed by atoms with E-state index in [1.54, 1.807) is 18.2 Å². The van der Waals surface area contributed by atoms with Gasteiger partial charge in [0.25, 0.3) is 0 Å². The first-order valence-corrected chi connectivity index (χ1v) is 13.9. The number of nitrogens with one attached hydrogen (secondary N) is 2. The third-order valence-corrected chi connectivity index (χ3v) is 7.64. The Labute approximate surface area is 235 Å². The molecule has 1 aliphatic heterocycles. The zero-order valence-electron chi connectivity index (χ0n) is 23.0. The summed E-state index contributed by atoms with van der Waals surface area (Å²) in [5.74, 6) is -0.271. The molecule has 2 aromatic heterocycles. The Bertz CT molecular complexity index is 1590. The summed E-state index contributed by atoms with van der Waals surface area (Å²) in [6.45, 7) is 9.75. The monoisotopic (exact) mass is 533 g/mol. The van der Waals surface area contributed by atoms with Crippen LogP contribution in [-0.2, 0) is 6.42 Å². The lowest BCUT2D eigenvalue weighted by Crippen LogP contribution is -2.20. The number of hydrogen-bond acceptors (Lipinski definition) is 4. The lowest BCUT2D eigenvalue weighted by atomic mass is 10.0. The first kappa shape index (κ1) is 27.3. The standard InChI is InChI=1S/C34H36FN5/c1-23(27-19-25(21-38-22-27)7-6-18-40-16-3-4-17-40)10-15-31(36)24(2)34(37)33-20-30-29(8-5-9-32(30)39-33)26-11-13-28(35)14-12-26/h5,8-15,19-22,37,39H,2-4,6-7,16-18,36H2,1H3/b23-10+,31-15+,37-34?. The molecule has 0 radical (unpaired) electrons. The molecule has 0 bridgehead atoms. The molecule has 0 unspecified atom stereocenters. The van der Waals surface area contributed by atoms with Crippen LogP contribution >= 0.6 is 0 Å². The molecule has 0 amide bonds. The van der Waals surface area contributed by atoms with E-state index in [-0.39, 0.29) is 11.5 Å². The van der Waals surface area contributed by atoms with E-state index >= 15 is 0 Å². The number of rotatable bonds is 10. The van der Waals surface area contributed by atoms with E-state index in [1.807, 2.05) is 49.7 Å². The molecule has 2 aromatic carbocycles. The van der Waals surface area contributed by atoms with Crippen molar-refractivity contribution in [2.75, 3.05) is 19.6 Å². The minimum atomic E-state index is -0.271. The Morgan fingerprint density at radius 1 is 1.10 bits per heavy atom. The van der Waals surface area contributed by atoms with E-state index in [1.165, 1.54) is 43.6 Å². The lowest BCUT2D eigenvalue weighted by molar-refractivity contribution is 0.334. The first-order chi connectivity index (χ1) is 19.4. The Kier molecular flexibility index (Phi) is 8.37. The van der Waals surface area contributed by atoms with Crippen molar-refractivity contribution in [1.82, 2.24) is 14.9 Å². The van der Waals surface area contributed by atoms with Gasteiger partial charge in [0.1, 0.15) is 5.82 Å². The molecule has 204 valence electrons. The minimum absolute atomic E-state index is 0.225. The summed E-state index contributed by atoms with van der Waals surface area (Å²) in [7, 11) is 0. The molecule has 4 aromatic rings. The van der Waals surface area contributed by atoms with Crippen LogP contribution in [0.25, 0.3) is 27.6 Å². The van der Waals surface area contributed by atoms with Gasteiger partial charge in [-0.15, -0.1) is 0 Å². The number of H-pyrrole nitrogens is 1. The van der Waals surface area contributed by atoms with Gasteiger partial charge in [-0.3, -0.25) is 10.4 Å². The van der Waals surface area contributed by atoms with E-state index in [0.29, 0.717) is 17.0 Å². The molecule has 0 atom stereocenters. The van der Waals surface area contributed by atoms with Crippen molar-refractivity contribution in [3.05, 3.63) is 120 Å². The highest BCUT2D eigenvalue weighted by Gasteiger charge is 2.14. The van der Waals surface area contributed by atoms with Crippen molar-refractivity contribution in [3.63, 3.8) is 0 Å². The molecule has 40 heavy (non-hydrogen) atoms. The molecule has 0 aliphatic carbocycles. The first-order valence-electron chi connectivity index (χ1n) is 13.9. The zero-order valence-corrected chi connectivity index (χ0v) is 23.0. The van der Waals surface area contributed by atoms with E-state index < -0.39 is 0 Å². The van der Waals surface area contributed by atoms with Crippen LogP contribution in [0.4, 0.5) is 4.39 Å². The van der Waals surface area contributed by atoms with Crippen LogP contribution in [-0.4, -0.2) is 40.2 Å². The number of aryl methyl sites for hydroxylation is 1. The van der Waals surface area contributed by atoms with Crippen molar-refractivity contribution in [2.24, 2.45) is 5.73 Å². The summed E-state index contributed by atoms with van der Waals surface area (Å²) in [6.07, 6.45) is 12.4. The van der Waals surface area contributed by atoms with E-state index in [4.69, 9.17) is 11.1 Å². The van der Waals surface area contributed by atoms with Gasteiger partial charge in [0.2, 0.25) is 0 Å². The second kappa shape index (κ2) is 12.3. The number of nitrogens with two attached hydrogens (primary N) is 1. The van der Waals surface area contributed by atoms with E-state index in [9.17, 15) is 4.39 Å². The fraction of sp³-hybridized carbons (Fsp3) is 0.235. The van der Waals surface area contributed by atoms with Crippen LogP contribution in [0.5, 0.6) is 0 Å². The Morgan fingerprint density at radius 3 is 2.65 bits per heavy atom. The molecule has 1 saturated heterocycles. The quantitative estimate of drug-likeness (QED) is 0.148. The summed E-state index contributed by atoms with van der Waals surface area (Å²) in [4.78, 5) is 10.3. The van der Waals surface area contributed by atoms with Gasteiger partial charge < -0.3 is 15.6 Å². The Balaban J connectivity index is 1.27. The number of allylic oxidation sites excluding steroid dienone is 4. The number of nitrogens with zero attached hydrogens (tertiary/aromatic N) is 2. The van der Waals surface area contributed by atoms with Crippen molar-refractivity contribution < 1.29 is 4.39 Å². The van der Waals surface area contributed by atoms with Gasteiger partial charge in [-0.1, -0.05) is 36.9 Å². The highest BCUT2D eigenvalue weighted by atomic mass is 19.1. The van der Waals surface area contributed by atoms with Crippen molar-refractivity contribution in [1.29, 1.82) is 5.41 Å². The SMILES string of the molecule is C=C(C(=N)c1cc2c(-c3ccc(F)cc3)cccc2[nH]1)/C(N)=C\C=C(/C)c1cncc(CCCN2CCCC2)c1. The predicted octanol–water partition coefficient (Wildman–Crippen LogP) is 7.27. The number of aromatic amines is 1. The minimum Gasteiger partial charge on any atom is -0.398 e. The van der Waals surface area contributed by atoms with Gasteiger partial charge in [0, 0.05) is 34.6 Å². The molecule has 0 saturated carbocycles. The van der Waals surface area contributed by atoms with Crippen LogP contribution in [0.1, 0.15) is 43.0 Å². The number of pyridine rings is 1. The Morgan fingerprint density at radius 2 is 1.88 bits per heavy atom. The smallest absolute Gasteiger partial charge is 0.123 e. The largest absolute Gasteiger partial charge is 0.398 e. The van der Waals surface area contributed by atoms with Crippen LogP contribution in [0.15, 0.2) is 97.0 Å². The maximum absolute atomic E-state index is 13.4. The number of likely N-dealkylation sites (tertiary alicyclic amines) is 1. The van der Waals surface area contributed by atoms with Crippen LogP contribution in [0.2, 0.25) is 0 Å². The van der Waals surface area contributed by atoms with Gasteiger partial charge in [0.15, 0.2) is 0 Å². The summed E-state index contributed by atoms with van der Waals surface area (Å²) in [5, 5.41) is 9.72. The molecule has 3 heterocycles. The van der Waals surface area contributed by atoms with Gasteiger partial charge in [-0.05, 0) is 116 Å². The number of benzene rings is 2. The van der Waals surface area contributed by atoms with Gasteiger partial charge in [-0.25, -0.2) is 4.39 Å². The van der Waals surface area contributed by atoms with E-state index in [0.717, 1.165) is 52.6 Å². The lowest BCUT2D eigenvalue weighted by Gasteiger charge is -2.14. The second-order valence-electron chi connectivity index (χ2n) is 10.5. The normalized spacial score (nSPS) is 14.7. The summed E-state index contributed by atoms with van der Waals surface area (Å²) in [5.41, 5.74) is 14.2. The van der Waals surface area contributed by atoms with Crippen LogP contribution in [0.3, 0.4) is 0 Å². The number of fused-ring (bicyclic) bond motifs is 1. The maximum atomic E-state index is 13.4. The topological polar surface area (TPSA) is 81.8 Å². The van der Waals surface area contributed by atoms with Gasteiger partial charge in [0.05, 0.1) is 11.4 Å². The fourth-order valence-electron chi connectivity index (χ4n) is 5.24. The average Bonchev–Trinajstić information content (AvgIpc) is 3.66. The molecule has 4 N–H and O–H groups in total. The molecule has 5 nitrogen and oxygen atoms in total. The van der Waals surface area contributed by atoms with Gasteiger partial charge >= 0.3 is 0 Å². The molecule has 6 heteroatoms. The van der Waals surface area contributed by atoms with E-state index in [2.05, 4.69) is 27.5 Å². The third-order valence-electron chi connectivity index (χ3n) is 7.64. The number of halogens is 1. The second-order valence-corrected chi connectivity index (χ2v) is 10.5. The average molecular weight is 534 g/mol. The van der Waals surface area contributed by atoms with Gasteiger partial charge in [-0.2, -0.15) is 0 Å². The predicted molar refractivity (Wildman–Crippen MR) is 164 cm³/mol. The van der Waals surface area contributed by atoms with Crippen molar-refractivity contribution >= 4 is 22.2 Å². The van der Waals surface area contributed by atoms with Crippen LogP contribution in [0, 0.1) is 11.2 Å². The van der Waals surface area contributed by atoms with Crippen molar-refractivity contribution in [2.45, 2.75) is 32.6 Å². The molecule has 5 rings (SSSR count). The fourth-order valence-corrected chi connectivity index (χ4v) is 5.24. The third kappa shape index (κ3) is 6.29. The maximum Gasteiger partial charge on any atom is 0.123 e. The number of aromatic nitrogens is 2. The summed E-state index contributed by atoms with van der Waals surface area (Å²) < 4.78 is 13.4. The molecule has 1 aliphatic rings. The summed E-state index contributed by atoms with van der Waals surface area (Å²) in [6, 6.07) is 16.4. The number of hydrogen-bond donors (Lipinski definition) is 3. The highest BCUT2D eigenvalue weighted by molar-refractivity contribution is 6.14. The molecule has 0 spiro atoms. The summed E-state index contributed by atoms with van der Waals surface area (Å²) >= 11 is 0. The van der Waals surface area contributed by atoms with Crippen molar-refractivity contribution in [3.8, 4) is 11.1 Å².